The van der Waals surface area contributed by atoms with Crippen LogP contribution in [0.1, 0.15) is 71.1 Å². The van der Waals surface area contributed by atoms with E-state index in [1.165, 1.54) is 29.5 Å². The van der Waals surface area contributed by atoms with Gasteiger partial charge in [0, 0.05) is 0 Å². The molecule has 0 bridgehead atoms. The van der Waals surface area contributed by atoms with Crippen LogP contribution in [0.2, 0.25) is 0 Å². The van der Waals surface area contributed by atoms with Gasteiger partial charge in [-0.1, -0.05) is 78.1 Å². The van der Waals surface area contributed by atoms with Gasteiger partial charge >= 0.3 is 0 Å². The maximum atomic E-state index is 2.20. The van der Waals surface area contributed by atoms with E-state index in [1.54, 1.807) is 0 Å². The first-order valence-electron chi connectivity index (χ1n) is 7.15. The number of benzene rings is 1. The summed E-state index contributed by atoms with van der Waals surface area (Å²) in [5.74, 6) is 0. The van der Waals surface area contributed by atoms with Gasteiger partial charge in [-0.15, -0.1) is 0 Å². The van der Waals surface area contributed by atoms with Crippen LogP contribution < -0.4 is 0 Å². The first-order chi connectivity index (χ1) is 8.11. The number of unbranched alkanes of at least 4 members (excludes halogenated alkanes) is 1. The van der Waals surface area contributed by atoms with Crippen molar-refractivity contribution < 1.29 is 0 Å². The minimum atomic E-state index is 1.32. The van der Waals surface area contributed by atoms with Crippen molar-refractivity contribution in [1.82, 2.24) is 0 Å². The first kappa shape index (κ1) is 21.5. The van der Waals surface area contributed by atoms with Gasteiger partial charge in [-0.05, 0) is 31.9 Å². The van der Waals surface area contributed by atoms with Crippen LogP contribution in [0.3, 0.4) is 0 Å². The second kappa shape index (κ2) is 17.6. The Bertz CT molecular complexity index is 234. The molecular formula is C17H34. The maximum Gasteiger partial charge on any atom is -0.0395 e. The minimum absolute atomic E-state index is 1.32. The Labute approximate surface area is 110 Å². The molecule has 0 nitrogen and oxygen atoms in total. The highest BCUT2D eigenvalue weighted by atomic mass is 13.9. The third-order valence-electron chi connectivity index (χ3n) is 2.16. The van der Waals surface area contributed by atoms with E-state index in [-0.39, 0.29) is 0 Å². The zero-order valence-electron chi connectivity index (χ0n) is 13.6. The van der Waals surface area contributed by atoms with E-state index in [4.69, 9.17) is 0 Å². The summed E-state index contributed by atoms with van der Waals surface area (Å²) in [6.07, 6.45) is 2.64. The highest BCUT2D eigenvalue weighted by Gasteiger charge is 1.89. The Morgan fingerprint density at radius 2 is 1.12 bits per heavy atom. The molecule has 0 unspecified atom stereocenters. The molecule has 0 fully saturated rings. The Kier molecular flexibility index (Phi) is 22.3. The fraction of sp³-hybridized carbons (Fsp3) is 0.647. The monoisotopic (exact) mass is 238 g/mol. The smallest absolute Gasteiger partial charge is 0.0395 e. The van der Waals surface area contributed by atoms with E-state index < -0.39 is 0 Å². The summed E-state index contributed by atoms with van der Waals surface area (Å²) in [5.41, 5.74) is 4.11. The Hall–Kier alpha value is -0.780. The van der Waals surface area contributed by atoms with Gasteiger partial charge in [0.15, 0.2) is 0 Å². The number of hydrogen-bond acceptors (Lipinski definition) is 0. The standard InChI is InChI=1S/C9H12.C4H10.2C2H6/c1-7-4-5-8(2)9(3)6-7;1-3-4-2;2*1-2/h4-6H,1-3H3;3-4H2,1-2H3;2*1-2H3. The number of rotatable bonds is 1. The third kappa shape index (κ3) is 15.2. The van der Waals surface area contributed by atoms with Gasteiger partial charge in [0.2, 0.25) is 0 Å². The fourth-order valence-corrected chi connectivity index (χ4v) is 0.891. The molecule has 0 heteroatoms. The molecule has 0 atom stereocenters. The van der Waals surface area contributed by atoms with Crippen molar-refractivity contribution in [3.05, 3.63) is 34.9 Å². The van der Waals surface area contributed by atoms with E-state index in [9.17, 15) is 0 Å². The van der Waals surface area contributed by atoms with Crippen LogP contribution in [-0.4, -0.2) is 0 Å². The highest BCUT2D eigenvalue weighted by molar-refractivity contribution is 5.28. The molecule has 0 aliphatic heterocycles. The normalized spacial score (nSPS) is 7.59. The molecule has 102 valence electrons. The molecule has 0 saturated heterocycles. The molecule has 0 aliphatic rings. The molecule has 0 heterocycles. The molecule has 17 heavy (non-hydrogen) atoms. The Morgan fingerprint density at radius 1 is 0.706 bits per heavy atom. The van der Waals surface area contributed by atoms with Crippen LogP contribution in [0.5, 0.6) is 0 Å². The molecule has 0 N–H and O–H groups in total. The summed E-state index contributed by atoms with van der Waals surface area (Å²) >= 11 is 0. The minimum Gasteiger partial charge on any atom is -0.0683 e. The molecule has 1 aromatic carbocycles. The van der Waals surface area contributed by atoms with E-state index in [1.807, 2.05) is 27.7 Å². The highest BCUT2D eigenvalue weighted by Crippen LogP contribution is 2.07. The van der Waals surface area contributed by atoms with Gasteiger partial charge in [0.25, 0.3) is 0 Å². The molecule has 0 aliphatic carbocycles. The molecule has 0 radical (unpaired) electrons. The average molecular weight is 238 g/mol. The van der Waals surface area contributed by atoms with Gasteiger partial charge in [-0.2, -0.15) is 0 Å². The molecule has 0 spiro atoms. The quantitative estimate of drug-likeness (QED) is 0.526. The number of hydrogen-bond donors (Lipinski definition) is 0. The van der Waals surface area contributed by atoms with Crippen molar-refractivity contribution in [2.75, 3.05) is 0 Å². The van der Waals surface area contributed by atoms with E-state index in [0.717, 1.165) is 0 Å². The SMILES string of the molecule is CC.CC.CCCC.Cc1ccc(C)c(C)c1. The van der Waals surface area contributed by atoms with Gasteiger partial charge in [0.1, 0.15) is 0 Å². The van der Waals surface area contributed by atoms with Crippen molar-refractivity contribution in [3.63, 3.8) is 0 Å². The van der Waals surface area contributed by atoms with Crippen LogP contribution >= 0.6 is 0 Å². The Balaban J connectivity index is -0.000000208. The molecule has 1 rings (SSSR count). The van der Waals surface area contributed by atoms with Crippen molar-refractivity contribution in [2.45, 2.75) is 75.2 Å². The maximum absolute atomic E-state index is 2.20. The lowest BCUT2D eigenvalue weighted by molar-refractivity contribution is 0.886. The summed E-state index contributed by atoms with van der Waals surface area (Å²) in [6.45, 7) is 18.8. The van der Waals surface area contributed by atoms with Crippen LogP contribution in [0, 0.1) is 20.8 Å². The van der Waals surface area contributed by atoms with Crippen LogP contribution in [0.4, 0.5) is 0 Å². The second-order valence-corrected chi connectivity index (χ2v) is 3.59. The molecular weight excluding hydrogens is 204 g/mol. The summed E-state index contributed by atoms with van der Waals surface area (Å²) in [6, 6.07) is 6.50. The third-order valence-corrected chi connectivity index (χ3v) is 2.16. The summed E-state index contributed by atoms with van der Waals surface area (Å²) in [4.78, 5) is 0. The summed E-state index contributed by atoms with van der Waals surface area (Å²) < 4.78 is 0. The lowest BCUT2D eigenvalue weighted by Gasteiger charge is -1.98. The van der Waals surface area contributed by atoms with E-state index in [0.29, 0.717) is 0 Å². The topological polar surface area (TPSA) is 0 Å². The summed E-state index contributed by atoms with van der Waals surface area (Å²) in [5, 5.41) is 0. The van der Waals surface area contributed by atoms with Gasteiger partial charge in [-0.3, -0.25) is 0 Å². The number of aryl methyl sites for hydroxylation is 3. The largest absolute Gasteiger partial charge is 0.0683 e. The van der Waals surface area contributed by atoms with Gasteiger partial charge < -0.3 is 0 Å². The van der Waals surface area contributed by atoms with Crippen molar-refractivity contribution in [1.29, 1.82) is 0 Å². The zero-order chi connectivity index (χ0) is 14.3. The Morgan fingerprint density at radius 3 is 1.35 bits per heavy atom. The molecule has 0 aromatic heterocycles. The van der Waals surface area contributed by atoms with Crippen molar-refractivity contribution >= 4 is 0 Å². The predicted octanol–water partition coefficient (Wildman–Crippen LogP) is 6.47. The van der Waals surface area contributed by atoms with Crippen molar-refractivity contribution in [3.8, 4) is 0 Å². The molecule has 1 aromatic rings. The lowest BCUT2D eigenvalue weighted by Crippen LogP contribution is -1.79. The van der Waals surface area contributed by atoms with Crippen molar-refractivity contribution in [2.24, 2.45) is 0 Å². The van der Waals surface area contributed by atoms with Crippen LogP contribution in [0.25, 0.3) is 0 Å². The zero-order valence-corrected chi connectivity index (χ0v) is 13.6. The van der Waals surface area contributed by atoms with Gasteiger partial charge in [-0.25, -0.2) is 0 Å². The fourth-order valence-electron chi connectivity index (χ4n) is 0.891. The molecule has 0 amide bonds. The summed E-state index contributed by atoms with van der Waals surface area (Å²) in [7, 11) is 0. The second-order valence-electron chi connectivity index (χ2n) is 3.59. The first-order valence-corrected chi connectivity index (χ1v) is 7.15. The van der Waals surface area contributed by atoms with E-state index in [2.05, 4.69) is 52.8 Å². The lowest BCUT2D eigenvalue weighted by atomic mass is 10.1. The van der Waals surface area contributed by atoms with Crippen LogP contribution in [0.15, 0.2) is 18.2 Å². The predicted molar refractivity (Wildman–Crippen MR) is 83.9 cm³/mol. The molecule has 0 saturated carbocycles. The van der Waals surface area contributed by atoms with Gasteiger partial charge in [0.05, 0.1) is 0 Å². The van der Waals surface area contributed by atoms with E-state index >= 15 is 0 Å². The average Bonchev–Trinajstić information content (AvgIpc) is 2.39. The van der Waals surface area contributed by atoms with Crippen LogP contribution in [-0.2, 0) is 0 Å².